The first-order chi connectivity index (χ1) is 8.79. The second-order valence-corrected chi connectivity index (χ2v) is 6.15. The van der Waals surface area contributed by atoms with Crippen molar-refractivity contribution < 1.29 is 4.79 Å². The Balaban J connectivity index is 2.31. The molecule has 0 spiro atoms. The summed E-state index contributed by atoms with van der Waals surface area (Å²) in [6.45, 7) is 9.93. The zero-order valence-corrected chi connectivity index (χ0v) is 12.2. The minimum absolute atomic E-state index is 0.00939. The normalized spacial score (nSPS) is 12.1. The Morgan fingerprint density at radius 1 is 1.32 bits per heavy atom. The SMILES string of the molecule is CC(C)n1cnc2cc(NC(=O)C(C)(C)C)ccc21. The minimum atomic E-state index is -0.397. The van der Waals surface area contributed by atoms with E-state index >= 15 is 0 Å². The average molecular weight is 259 g/mol. The highest BCUT2D eigenvalue weighted by molar-refractivity contribution is 5.96. The number of hydrogen-bond acceptors (Lipinski definition) is 2. The van der Waals surface area contributed by atoms with Gasteiger partial charge in [-0.25, -0.2) is 4.98 Å². The highest BCUT2D eigenvalue weighted by Crippen LogP contribution is 2.23. The first kappa shape index (κ1) is 13.6. The average Bonchev–Trinajstić information content (AvgIpc) is 2.70. The Hall–Kier alpha value is -1.84. The van der Waals surface area contributed by atoms with Crippen molar-refractivity contribution in [3.05, 3.63) is 24.5 Å². The third-order valence-electron chi connectivity index (χ3n) is 3.07. The molecule has 0 aliphatic rings. The molecule has 102 valence electrons. The lowest BCUT2D eigenvalue weighted by Gasteiger charge is -2.17. The largest absolute Gasteiger partial charge is 0.328 e. The van der Waals surface area contributed by atoms with E-state index in [9.17, 15) is 4.79 Å². The van der Waals surface area contributed by atoms with Gasteiger partial charge in [-0.2, -0.15) is 0 Å². The summed E-state index contributed by atoms with van der Waals surface area (Å²) < 4.78 is 2.12. The highest BCUT2D eigenvalue weighted by Gasteiger charge is 2.21. The lowest BCUT2D eigenvalue weighted by molar-refractivity contribution is -0.123. The number of rotatable bonds is 2. The van der Waals surface area contributed by atoms with Gasteiger partial charge < -0.3 is 9.88 Å². The van der Waals surface area contributed by atoms with E-state index in [0.29, 0.717) is 6.04 Å². The lowest BCUT2D eigenvalue weighted by Crippen LogP contribution is -2.27. The van der Waals surface area contributed by atoms with Crippen LogP contribution in [0, 0.1) is 5.41 Å². The number of anilines is 1. The second kappa shape index (κ2) is 4.68. The van der Waals surface area contributed by atoms with Gasteiger partial charge in [0.1, 0.15) is 0 Å². The molecule has 1 heterocycles. The van der Waals surface area contributed by atoms with Crippen LogP contribution in [-0.2, 0) is 4.79 Å². The van der Waals surface area contributed by atoms with Gasteiger partial charge in [0.25, 0.3) is 0 Å². The molecule has 0 radical (unpaired) electrons. The summed E-state index contributed by atoms with van der Waals surface area (Å²) in [6, 6.07) is 6.21. The Kier molecular flexibility index (Phi) is 3.35. The van der Waals surface area contributed by atoms with Crippen molar-refractivity contribution in [2.45, 2.75) is 40.7 Å². The van der Waals surface area contributed by atoms with Crippen LogP contribution in [0.5, 0.6) is 0 Å². The van der Waals surface area contributed by atoms with Crippen molar-refractivity contribution in [3.63, 3.8) is 0 Å². The smallest absolute Gasteiger partial charge is 0.229 e. The molecule has 2 rings (SSSR count). The number of imidazole rings is 1. The predicted molar refractivity (Wildman–Crippen MR) is 78.2 cm³/mol. The van der Waals surface area contributed by atoms with Gasteiger partial charge in [0.15, 0.2) is 0 Å². The van der Waals surface area contributed by atoms with Gasteiger partial charge in [0, 0.05) is 17.1 Å². The monoisotopic (exact) mass is 259 g/mol. The van der Waals surface area contributed by atoms with E-state index in [2.05, 4.69) is 28.7 Å². The third kappa shape index (κ3) is 2.78. The Labute approximate surface area is 113 Å². The quantitative estimate of drug-likeness (QED) is 0.895. The zero-order valence-electron chi connectivity index (χ0n) is 12.2. The molecule has 1 amide bonds. The molecule has 0 atom stereocenters. The zero-order chi connectivity index (χ0) is 14.2. The summed E-state index contributed by atoms with van der Waals surface area (Å²) >= 11 is 0. The van der Waals surface area contributed by atoms with Crippen molar-refractivity contribution in [2.75, 3.05) is 5.32 Å². The number of nitrogens with zero attached hydrogens (tertiary/aromatic N) is 2. The summed E-state index contributed by atoms with van der Waals surface area (Å²) in [6.07, 6.45) is 1.84. The summed E-state index contributed by atoms with van der Waals surface area (Å²) in [5.74, 6) is 0.00939. The second-order valence-electron chi connectivity index (χ2n) is 6.15. The molecule has 1 N–H and O–H groups in total. The van der Waals surface area contributed by atoms with Crippen molar-refractivity contribution >= 4 is 22.6 Å². The topological polar surface area (TPSA) is 46.9 Å². The number of carbonyl (C=O) groups excluding carboxylic acids is 1. The van der Waals surface area contributed by atoms with E-state index < -0.39 is 5.41 Å². The van der Waals surface area contributed by atoms with Crippen molar-refractivity contribution in [1.82, 2.24) is 9.55 Å². The number of aromatic nitrogens is 2. The molecule has 0 bridgehead atoms. The van der Waals surface area contributed by atoms with Crippen LogP contribution in [-0.4, -0.2) is 15.5 Å². The van der Waals surface area contributed by atoms with E-state index in [4.69, 9.17) is 0 Å². The van der Waals surface area contributed by atoms with Crippen LogP contribution >= 0.6 is 0 Å². The fourth-order valence-corrected chi connectivity index (χ4v) is 1.84. The molecule has 1 aromatic heterocycles. The molecule has 4 heteroatoms. The molecule has 0 aliphatic carbocycles. The molecular formula is C15H21N3O. The Bertz CT molecular complexity index is 605. The van der Waals surface area contributed by atoms with Crippen molar-refractivity contribution in [3.8, 4) is 0 Å². The van der Waals surface area contributed by atoms with Crippen LogP contribution < -0.4 is 5.32 Å². The molecule has 0 saturated carbocycles. The maximum Gasteiger partial charge on any atom is 0.229 e. The molecule has 0 saturated heterocycles. The first-order valence-electron chi connectivity index (χ1n) is 6.57. The molecular weight excluding hydrogens is 238 g/mol. The van der Waals surface area contributed by atoms with E-state index in [0.717, 1.165) is 16.7 Å². The number of hydrogen-bond donors (Lipinski definition) is 1. The van der Waals surface area contributed by atoms with Crippen LogP contribution in [0.1, 0.15) is 40.7 Å². The summed E-state index contributed by atoms with van der Waals surface area (Å²) in [5, 5.41) is 2.92. The third-order valence-corrected chi connectivity index (χ3v) is 3.07. The van der Waals surface area contributed by atoms with E-state index in [1.165, 1.54) is 0 Å². The van der Waals surface area contributed by atoms with Gasteiger partial charge in [-0.05, 0) is 32.0 Å². The molecule has 0 fully saturated rings. The molecule has 0 unspecified atom stereocenters. The van der Waals surface area contributed by atoms with Crippen molar-refractivity contribution in [1.29, 1.82) is 0 Å². The fourth-order valence-electron chi connectivity index (χ4n) is 1.84. The first-order valence-corrected chi connectivity index (χ1v) is 6.57. The van der Waals surface area contributed by atoms with Gasteiger partial charge >= 0.3 is 0 Å². The summed E-state index contributed by atoms with van der Waals surface area (Å²) in [7, 11) is 0. The molecule has 4 nitrogen and oxygen atoms in total. The van der Waals surface area contributed by atoms with E-state index in [1.807, 2.05) is 45.3 Å². The summed E-state index contributed by atoms with van der Waals surface area (Å²) in [5.41, 5.74) is 2.39. The van der Waals surface area contributed by atoms with Gasteiger partial charge in [0.05, 0.1) is 17.4 Å². The van der Waals surface area contributed by atoms with E-state index in [1.54, 1.807) is 0 Å². The summed E-state index contributed by atoms with van der Waals surface area (Å²) in [4.78, 5) is 16.3. The van der Waals surface area contributed by atoms with E-state index in [-0.39, 0.29) is 5.91 Å². The van der Waals surface area contributed by atoms with Crippen LogP contribution in [0.15, 0.2) is 24.5 Å². The molecule has 2 aromatic rings. The van der Waals surface area contributed by atoms with Crippen LogP contribution in [0.3, 0.4) is 0 Å². The highest BCUT2D eigenvalue weighted by atomic mass is 16.2. The lowest BCUT2D eigenvalue weighted by atomic mass is 9.95. The van der Waals surface area contributed by atoms with Gasteiger partial charge in [-0.15, -0.1) is 0 Å². The number of carbonyl (C=O) groups is 1. The van der Waals surface area contributed by atoms with Crippen molar-refractivity contribution in [2.24, 2.45) is 5.41 Å². The Morgan fingerprint density at radius 3 is 2.58 bits per heavy atom. The van der Waals surface area contributed by atoms with Crippen LogP contribution in [0.2, 0.25) is 0 Å². The van der Waals surface area contributed by atoms with Crippen LogP contribution in [0.4, 0.5) is 5.69 Å². The maximum absolute atomic E-state index is 11.9. The van der Waals surface area contributed by atoms with Gasteiger partial charge in [-0.3, -0.25) is 4.79 Å². The molecule has 19 heavy (non-hydrogen) atoms. The number of fused-ring (bicyclic) bond motifs is 1. The van der Waals surface area contributed by atoms with Gasteiger partial charge in [0.2, 0.25) is 5.91 Å². The number of benzene rings is 1. The Morgan fingerprint density at radius 2 is 2.00 bits per heavy atom. The fraction of sp³-hybridized carbons (Fsp3) is 0.467. The number of nitrogens with one attached hydrogen (secondary N) is 1. The standard InChI is InChI=1S/C15H21N3O/c1-10(2)18-9-16-12-8-11(6-7-13(12)18)17-14(19)15(3,4)5/h6-10H,1-5H3,(H,17,19). The molecule has 0 aliphatic heterocycles. The van der Waals surface area contributed by atoms with Gasteiger partial charge in [-0.1, -0.05) is 20.8 Å². The minimum Gasteiger partial charge on any atom is -0.328 e. The maximum atomic E-state index is 11.9. The number of amides is 1. The molecule has 1 aromatic carbocycles. The predicted octanol–water partition coefficient (Wildman–Crippen LogP) is 3.60. The van der Waals surface area contributed by atoms with Crippen LogP contribution in [0.25, 0.3) is 11.0 Å².